The van der Waals surface area contributed by atoms with E-state index in [0.29, 0.717) is 18.9 Å². The highest BCUT2D eigenvalue weighted by atomic mass is 32.2. The second kappa shape index (κ2) is 10.2. The molecule has 0 radical (unpaired) electrons. The van der Waals surface area contributed by atoms with Crippen molar-refractivity contribution in [2.24, 2.45) is 10.9 Å². The van der Waals surface area contributed by atoms with Crippen molar-refractivity contribution in [1.82, 2.24) is 10.6 Å². The van der Waals surface area contributed by atoms with Gasteiger partial charge in [-0.2, -0.15) is 0 Å². The van der Waals surface area contributed by atoms with Crippen LogP contribution in [0.25, 0.3) is 0 Å². The number of amides is 1. The fraction of sp³-hybridized carbons (Fsp3) is 0.556. The maximum Gasteiger partial charge on any atom is 0.226 e. The molecule has 0 saturated heterocycles. The number of rotatable bonds is 8. The average Bonchev–Trinajstić information content (AvgIpc) is 2.57. The Labute approximate surface area is 156 Å². The van der Waals surface area contributed by atoms with Crippen LogP contribution in [-0.4, -0.2) is 45.4 Å². The van der Waals surface area contributed by atoms with Gasteiger partial charge in [-0.15, -0.1) is 0 Å². The van der Waals surface area contributed by atoms with E-state index in [1.54, 1.807) is 7.05 Å². The van der Waals surface area contributed by atoms with Crippen LogP contribution in [0.15, 0.2) is 29.3 Å². The van der Waals surface area contributed by atoms with Crippen molar-refractivity contribution in [2.45, 2.75) is 39.8 Å². The molecule has 0 aliphatic heterocycles. The first-order chi connectivity index (χ1) is 12.1. The first-order valence-electron chi connectivity index (χ1n) is 8.65. The second-order valence-electron chi connectivity index (χ2n) is 6.73. The quantitative estimate of drug-likeness (QED) is 0.470. The lowest BCUT2D eigenvalue weighted by Crippen LogP contribution is -2.42. The Morgan fingerprint density at radius 3 is 2.27 bits per heavy atom. The zero-order chi connectivity index (χ0) is 19.7. The third kappa shape index (κ3) is 8.84. The lowest BCUT2D eigenvalue weighted by Gasteiger charge is -2.17. The molecule has 0 saturated carbocycles. The largest absolute Gasteiger partial charge is 0.354 e. The molecule has 0 heterocycles. The highest BCUT2D eigenvalue weighted by molar-refractivity contribution is 7.90. The van der Waals surface area contributed by atoms with E-state index < -0.39 is 9.84 Å². The monoisotopic (exact) mass is 382 g/mol. The van der Waals surface area contributed by atoms with Gasteiger partial charge in [0.2, 0.25) is 5.91 Å². The minimum atomic E-state index is -2.97. The molecule has 1 aromatic rings. The summed E-state index contributed by atoms with van der Waals surface area (Å²) in [5.74, 6) is 0.684. The van der Waals surface area contributed by atoms with Crippen LogP contribution in [0.4, 0.5) is 5.69 Å². The third-order valence-electron chi connectivity index (χ3n) is 3.73. The summed E-state index contributed by atoms with van der Waals surface area (Å²) in [7, 11) is -1.30. The van der Waals surface area contributed by atoms with Crippen molar-refractivity contribution in [3.63, 3.8) is 0 Å². The molecule has 1 amide bonds. The van der Waals surface area contributed by atoms with Crippen molar-refractivity contribution < 1.29 is 13.2 Å². The Bertz CT molecular complexity index is 712. The number of nitrogens with one attached hydrogen (secondary N) is 3. The first-order valence-corrected chi connectivity index (χ1v) is 10.7. The van der Waals surface area contributed by atoms with E-state index in [2.05, 4.69) is 20.9 Å². The van der Waals surface area contributed by atoms with Gasteiger partial charge in [-0.1, -0.05) is 26.0 Å². The van der Waals surface area contributed by atoms with Gasteiger partial charge in [0.25, 0.3) is 0 Å². The molecule has 3 N–H and O–H groups in total. The summed E-state index contributed by atoms with van der Waals surface area (Å²) < 4.78 is 22.5. The van der Waals surface area contributed by atoms with Crippen molar-refractivity contribution in [2.75, 3.05) is 24.4 Å². The van der Waals surface area contributed by atoms with Crippen molar-refractivity contribution in [3.05, 3.63) is 29.8 Å². The standard InChI is InChI=1S/C18H30N4O3S/c1-13(2)17(23)22-16-8-6-15(7-9-16)12-20-18(19-4)21-14(3)10-11-26(5,24)25/h6-9,13-14H,10-12H2,1-5H3,(H,22,23)(H2,19,20,21). The van der Waals surface area contributed by atoms with E-state index in [4.69, 9.17) is 0 Å². The maximum atomic E-state index is 11.7. The van der Waals surface area contributed by atoms with E-state index in [1.807, 2.05) is 45.0 Å². The minimum absolute atomic E-state index is 0.00968. The summed E-state index contributed by atoms with van der Waals surface area (Å²) in [6.45, 7) is 6.19. The Morgan fingerprint density at radius 2 is 1.77 bits per heavy atom. The Hall–Kier alpha value is -2.09. The summed E-state index contributed by atoms with van der Waals surface area (Å²) in [5, 5.41) is 9.22. The zero-order valence-corrected chi connectivity index (χ0v) is 17.0. The van der Waals surface area contributed by atoms with Crippen LogP contribution < -0.4 is 16.0 Å². The number of anilines is 1. The van der Waals surface area contributed by atoms with Gasteiger partial charge < -0.3 is 16.0 Å². The van der Waals surface area contributed by atoms with Crippen LogP contribution in [0, 0.1) is 5.92 Å². The molecule has 1 atom stereocenters. The molecule has 26 heavy (non-hydrogen) atoms. The Kier molecular flexibility index (Phi) is 8.57. The molecule has 0 aromatic heterocycles. The van der Waals surface area contributed by atoms with Crippen LogP contribution in [-0.2, 0) is 21.2 Å². The molecule has 0 fully saturated rings. The summed E-state index contributed by atoms with van der Waals surface area (Å²) in [5.41, 5.74) is 1.81. The van der Waals surface area contributed by atoms with Crippen LogP contribution in [0.2, 0.25) is 0 Å². The number of aliphatic imine (C=N–C) groups is 1. The van der Waals surface area contributed by atoms with Gasteiger partial charge in [-0.05, 0) is 31.0 Å². The van der Waals surface area contributed by atoms with E-state index in [1.165, 1.54) is 6.26 Å². The minimum Gasteiger partial charge on any atom is -0.354 e. The predicted octanol–water partition coefficient (Wildman–Crippen LogP) is 1.77. The molecule has 1 aromatic carbocycles. The van der Waals surface area contributed by atoms with Crippen LogP contribution in [0.1, 0.15) is 32.8 Å². The highest BCUT2D eigenvalue weighted by Crippen LogP contribution is 2.11. The third-order valence-corrected chi connectivity index (χ3v) is 4.71. The molecular weight excluding hydrogens is 352 g/mol. The van der Waals surface area contributed by atoms with E-state index >= 15 is 0 Å². The zero-order valence-electron chi connectivity index (χ0n) is 16.2. The van der Waals surface area contributed by atoms with Crippen molar-refractivity contribution in [3.8, 4) is 0 Å². The van der Waals surface area contributed by atoms with Gasteiger partial charge >= 0.3 is 0 Å². The number of guanidine groups is 1. The Balaban J connectivity index is 2.49. The van der Waals surface area contributed by atoms with Gasteiger partial charge in [0, 0.05) is 37.5 Å². The van der Waals surface area contributed by atoms with E-state index in [0.717, 1.165) is 11.3 Å². The van der Waals surface area contributed by atoms with Crippen LogP contribution >= 0.6 is 0 Å². The SMILES string of the molecule is CN=C(NCc1ccc(NC(=O)C(C)C)cc1)NC(C)CCS(C)(=O)=O. The van der Waals surface area contributed by atoms with Gasteiger partial charge in [0.15, 0.2) is 5.96 Å². The molecular formula is C18H30N4O3S. The Morgan fingerprint density at radius 1 is 1.15 bits per heavy atom. The van der Waals surface area contributed by atoms with Crippen LogP contribution in [0.5, 0.6) is 0 Å². The smallest absolute Gasteiger partial charge is 0.226 e. The number of sulfone groups is 1. The topological polar surface area (TPSA) is 99.7 Å². The van der Waals surface area contributed by atoms with Crippen molar-refractivity contribution >= 4 is 27.4 Å². The van der Waals surface area contributed by atoms with E-state index in [9.17, 15) is 13.2 Å². The predicted molar refractivity (Wildman–Crippen MR) is 107 cm³/mol. The van der Waals surface area contributed by atoms with Crippen molar-refractivity contribution in [1.29, 1.82) is 0 Å². The van der Waals surface area contributed by atoms with Gasteiger partial charge in [-0.3, -0.25) is 9.79 Å². The number of nitrogens with zero attached hydrogens (tertiary/aromatic N) is 1. The van der Waals surface area contributed by atoms with Gasteiger partial charge in [0.05, 0.1) is 5.75 Å². The molecule has 0 spiro atoms. The summed E-state index contributed by atoms with van der Waals surface area (Å²) >= 11 is 0. The average molecular weight is 383 g/mol. The molecule has 7 nitrogen and oxygen atoms in total. The summed E-state index contributed by atoms with van der Waals surface area (Å²) in [4.78, 5) is 15.8. The van der Waals surface area contributed by atoms with E-state index in [-0.39, 0.29) is 23.6 Å². The van der Waals surface area contributed by atoms with Gasteiger partial charge in [-0.25, -0.2) is 8.42 Å². The highest BCUT2D eigenvalue weighted by Gasteiger charge is 2.10. The molecule has 1 unspecified atom stereocenters. The lowest BCUT2D eigenvalue weighted by molar-refractivity contribution is -0.118. The maximum absolute atomic E-state index is 11.7. The summed E-state index contributed by atoms with van der Waals surface area (Å²) in [6.07, 6.45) is 1.75. The molecule has 0 aliphatic carbocycles. The number of hydrogen-bond acceptors (Lipinski definition) is 4. The molecule has 146 valence electrons. The number of benzene rings is 1. The van der Waals surface area contributed by atoms with Crippen LogP contribution in [0.3, 0.4) is 0 Å². The lowest BCUT2D eigenvalue weighted by atomic mass is 10.1. The molecule has 1 rings (SSSR count). The fourth-order valence-electron chi connectivity index (χ4n) is 2.07. The molecule has 0 aliphatic rings. The fourth-order valence-corrected chi connectivity index (χ4v) is 2.85. The molecule has 8 heteroatoms. The molecule has 0 bridgehead atoms. The normalized spacial score (nSPS) is 13.4. The first kappa shape index (κ1) is 22.0. The number of hydrogen-bond donors (Lipinski definition) is 3. The van der Waals surface area contributed by atoms with Gasteiger partial charge in [0.1, 0.15) is 9.84 Å². The second-order valence-corrected chi connectivity index (χ2v) is 8.99. The number of carbonyl (C=O) groups is 1. The summed E-state index contributed by atoms with van der Waals surface area (Å²) in [6, 6.07) is 7.58. The number of carbonyl (C=O) groups excluding carboxylic acids is 1.